The van der Waals surface area contributed by atoms with E-state index < -0.39 is 5.60 Å². The Balaban J connectivity index is 1.93. The topological polar surface area (TPSA) is 67.9 Å². The number of amides is 2. The molecule has 2 fully saturated rings. The monoisotopic (exact) mass is 270 g/mol. The fourth-order valence-corrected chi connectivity index (χ4v) is 2.38. The van der Waals surface area contributed by atoms with Crippen molar-refractivity contribution in [2.75, 3.05) is 19.7 Å². The molecule has 2 saturated heterocycles. The van der Waals surface area contributed by atoms with Gasteiger partial charge in [0.25, 0.3) is 0 Å². The van der Waals surface area contributed by atoms with Crippen LogP contribution in [0.1, 0.15) is 33.6 Å². The molecular formula is C13H22N2O4. The minimum atomic E-state index is -0.485. The zero-order chi connectivity index (χ0) is 14.0. The van der Waals surface area contributed by atoms with Gasteiger partial charge in [0, 0.05) is 13.1 Å². The Morgan fingerprint density at radius 1 is 1.37 bits per heavy atom. The number of carbonyl (C=O) groups excluding carboxylic acids is 2. The van der Waals surface area contributed by atoms with E-state index in [9.17, 15) is 9.59 Å². The summed E-state index contributed by atoms with van der Waals surface area (Å²) >= 11 is 0. The van der Waals surface area contributed by atoms with Crippen molar-refractivity contribution in [1.82, 2.24) is 10.2 Å². The SMILES string of the molecule is CC(C)(C)OC(=O)N1CC[C@H]2NC(=O)CO[C@@H]2CC1. The third-order valence-electron chi connectivity index (χ3n) is 3.27. The molecule has 108 valence electrons. The number of ether oxygens (including phenoxy) is 2. The Bertz CT molecular complexity index is 364. The van der Waals surface area contributed by atoms with E-state index in [-0.39, 0.29) is 30.8 Å². The molecule has 2 heterocycles. The first-order valence-corrected chi connectivity index (χ1v) is 6.74. The average molecular weight is 270 g/mol. The number of rotatable bonds is 0. The van der Waals surface area contributed by atoms with Crippen molar-refractivity contribution in [3.63, 3.8) is 0 Å². The molecule has 1 N–H and O–H groups in total. The van der Waals surface area contributed by atoms with E-state index >= 15 is 0 Å². The number of fused-ring (bicyclic) bond motifs is 1. The molecular weight excluding hydrogens is 248 g/mol. The predicted molar refractivity (Wildman–Crippen MR) is 68.7 cm³/mol. The maximum Gasteiger partial charge on any atom is 0.410 e. The minimum Gasteiger partial charge on any atom is -0.444 e. The lowest BCUT2D eigenvalue weighted by atomic mass is 10.0. The van der Waals surface area contributed by atoms with Crippen LogP contribution in [-0.2, 0) is 14.3 Å². The quantitative estimate of drug-likeness (QED) is 0.710. The average Bonchev–Trinajstić information content (AvgIpc) is 2.48. The van der Waals surface area contributed by atoms with Gasteiger partial charge in [-0.25, -0.2) is 4.79 Å². The van der Waals surface area contributed by atoms with Gasteiger partial charge in [0.2, 0.25) is 5.91 Å². The van der Waals surface area contributed by atoms with Crippen LogP contribution in [0.25, 0.3) is 0 Å². The van der Waals surface area contributed by atoms with Gasteiger partial charge in [-0.3, -0.25) is 4.79 Å². The molecule has 0 radical (unpaired) electrons. The van der Waals surface area contributed by atoms with Gasteiger partial charge in [0.1, 0.15) is 12.2 Å². The van der Waals surface area contributed by atoms with Gasteiger partial charge in [-0.1, -0.05) is 0 Å². The van der Waals surface area contributed by atoms with Gasteiger partial charge in [-0.2, -0.15) is 0 Å². The molecule has 0 aromatic heterocycles. The second kappa shape index (κ2) is 5.36. The molecule has 19 heavy (non-hydrogen) atoms. The fourth-order valence-electron chi connectivity index (χ4n) is 2.38. The van der Waals surface area contributed by atoms with Gasteiger partial charge in [-0.05, 0) is 33.6 Å². The normalized spacial score (nSPS) is 28.2. The van der Waals surface area contributed by atoms with E-state index in [1.165, 1.54) is 0 Å². The van der Waals surface area contributed by atoms with Crippen molar-refractivity contribution in [3.8, 4) is 0 Å². The van der Waals surface area contributed by atoms with Crippen LogP contribution in [0.5, 0.6) is 0 Å². The van der Waals surface area contributed by atoms with Crippen LogP contribution < -0.4 is 5.32 Å². The lowest BCUT2D eigenvalue weighted by molar-refractivity contribution is -0.136. The molecule has 6 heteroatoms. The van der Waals surface area contributed by atoms with Crippen molar-refractivity contribution >= 4 is 12.0 Å². The number of likely N-dealkylation sites (tertiary alicyclic amines) is 1. The first-order valence-electron chi connectivity index (χ1n) is 6.74. The number of morpholine rings is 1. The first-order chi connectivity index (χ1) is 8.85. The molecule has 0 aromatic rings. The first kappa shape index (κ1) is 14.1. The summed E-state index contributed by atoms with van der Waals surface area (Å²) in [6, 6.07) is 0.00804. The summed E-state index contributed by atoms with van der Waals surface area (Å²) < 4.78 is 10.9. The lowest BCUT2D eigenvalue weighted by Gasteiger charge is -2.30. The van der Waals surface area contributed by atoms with Crippen molar-refractivity contribution < 1.29 is 19.1 Å². The van der Waals surface area contributed by atoms with Crippen LogP contribution >= 0.6 is 0 Å². The van der Waals surface area contributed by atoms with Crippen LogP contribution in [0.15, 0.2) is 0 Å². The minimum absolute atomic E-state index is 0.00476. The number of hydrogen-bond acceptors (Lipinski definition) is 4. The Kier molecular flexibility index (Phi) is 3.99. The van der Waals surface area contributed by atoms with Gasteiger partial charge < -0.3 is 19.7 Å². The highest BCUT2D eigenvalue weighted by molar-refractivity contribution is 5.78. The molecule has 0 bridgehead atoms. The Morgan fingerprint density at radius 2 is 2.05 bits per heavy atom. The molecule has 2 aliphatic rings. The highest BCUT2D eigenvalue weighted by atomic mass is 16.6. The number of hydrogen-bond donors (Lipinski definition) is 1. The third-order valence-corrected chi connectivity index (χ3v) is 3.27. The molecule has 0 saturated carbocycles. The predicted octanol–water partition coefficient (Wildman–Crippen LogP) is 0.901. The fraction of sp³-hybridized carbons (Fsp3) is 0.846. The zero-order valence-electron chi connectivity index (χ0n) is 11.8. The molecule has 0 aromatic carbocycles. The van der Waals surface area contributed by atoms with E-state index in [0.717, 1.165) is 6.42 Å². The van der Waals surface area contributed by atoms with E-state index in [0.29, 0.717) is 19.5 Å². The Morgan fingerprint density at radius 3 is 2.74 bits per heavy atom. The van der Waals surface area contributed by atoms with Crippen LogP contribution in [0.3, 0.4) is 0 Å². The molecule has 2 amide bonds. The smallest absolute Gasteiger partial charge is 0.410 e. The summed E-state index contributed by atoms with van der Waals surface area (Å²) in [6.45, 7) is 6.86. The standard InChI is InChI=1S/C13H22N2O4/c1-13(2,3)19-12(17)15-6-4-9-10(5-7-15)18-8-11(16)14-9/h9-10H,4-8H2,1-3H3,(H,14,16)/t9-,10-/m1/s1. The second-order valence-electron chi connectivity index (χ2n) is 6.07. The molecule has 0 aliphatic carbocycles. The molecule has 6 nitrogen and oxygen atoms in total. The summed E-state index contributed by atoms with van der Waals surface area (Å²) in [5.41, 5.74) is -0.485. The number of nitrogens with one attached hydrogen (secondary N) is 1. The van der Waals surface area contributed by atoms with Crippen LogP contribution in [0, 0.1) is 0 Å². The van der Waals surface area contributed by atoms with E-state index in [1.807, 2.05) is 20.8 Å². The van der Waals surface area contributed by atoms with Crippen LogP contribution in [0.4, 0.5) is 4.79 Å². The second-order valence-corrected chi connectivity index (χ2v) is 6.07. The highest BCUT2D eigenvalue weighted by Crippen LogP contribution is 2.19. The zero-order valence-corrected chi connectivity index (χ0v) is 11.8. The van der Waals surface area contributed by atoms with Gasteiger partial charge >= 0.3 is 6.09 Å². The maximum absolute atomic E-state index is 12.0. The van der Waals surface area contributed by atoms with Gasteiger partial charge in [0.15, 0.2) is 0 Å². The van der Waals surface area contributed by atoms with Crippen molar-refractivity contribution in [3.05, 3.63) is 0 Å². The van der Waals surface area contributed by atoms with Crippen molar-refractivity contribution in [2.45, 2.75) is 51.4 Å². The summed E-state index contributed by atoms with van der Waals surface area (Å²) in [6.07, 6.45) is 1.14. The van der Waals surface area contributed by atoms with Gasteiger partial charge in [0.05, 0.1) is 12.1 Å². The summed E-state index contributed by atoms with van der Waals surface area (Å²) in [7, 11) is 0. The van der Waals surface area contributed by atoms with Crippen molar-refractivity contribution in [2.24, 2.45) is 0 Å². The maximum atomic E-state index is 12.0. The van der Waals surface area contributed by atoms with E-state index in [1.54, 1.807) is 4.90 Å². The highest BCUT2D eigenvalue weighted by Gasteiger charge is 2.34. The van der Waals surface area contributed by atoms with Crippen LogP contribution in [-0.4, -0.2) is 54.3 Å². The van der Waals surface area contributed by atoms with Crippen LogP contribution in [0.2, 0.25) is 0 Å². The molecule has 2 rings (SSSR count). The largest absolute Gasteiger partial charge is 0.444 e. The molecule has 2 aliphatic heterocycles. The Labute approximate surface area is 113 Å². The summed E-state index contributed by atoms with van der Waals surface area (Å²) in [5, 5.41) is 2.92. The lowest BCUT2D eigenvalue weighted by Crippen LogP contribution is -2.51. The number of nitrogens with zero attached hydrogens (tertiary/aromatic N) is 1. The summed E-state index contributed by atoms with van der Waals surface area (Å²) in [4.78, 5) is 25.0. The molecule has 0 spiro atoms. The number of carbonyl (C=O) groups is 2. The molecule has 2 atom stereocenters. The van der Waals surface area contributed by atoms with E-state index in [4.69, 9.17) is 9.47 Å². The van der Waals surface area contributed by atoms with E-state index in [2.05, 4.69) is 5.32 Å². The van der Waals surface area contributed by atoms with Gasteiger partial charge in [-0.15, -0.1) is 0 Å². The van der Waals surface area contributed by atoms with Crippen molar-refractivity contribution in [1.29, 1.82) is 0 Å². The summed E-state index contributed by atoms with van der Waals surface area (Å²) in [5.74, 6) is -0.0769. The Hall–Kier alpha value is -1.30. The molecule has 0 unspecified atom stereocenters. The third kappa shape index (κ3) is 3.83.